The smallest absolute Gasteiger partial charge is 0.307 e. The molecule has 1 N–H and O–H groups in total. The highest BCUT2D eigenvalue weighted by Crippen LogP contribution is 2.69. The van der Waals surface area contributed by atoms with Gasteiger partial charge in [0.2, 0.25) is 5.52 Å². The van der Waals surface area contributed by atoms with Gasteiger partial charge in [-0.15, -0.1) is 0 Å². The van der Waals surface area contributed by atoms with E-state index in [0.29, 0.717) is 0 Å². The minimum absolute atomic E-state index is 0.0831. The maximum atomic E-state index is 13.3. The Labute approximate surface area is 150 Å². The molecule has 0 aliphatic carbocycles. The quantitative estimate of drug-likeness (QED) is 0.483. The topological polar surface area (TPSA) is 83.1 Å². The fourth-order valence-electron chi connectivity index (χ4n) is 2.51. The molecule has 1 rings (SSSR count). The summed E-state index contributed by atoms with van der Waals surface area (Å²) in [6.45, 7) is 7.67. The zero-order valence-corrected chi connectivity index (χ0v) is 17.7. The predicted octanol–water partition coefficient (Wildman–Crippen LogP) is 4.29. The average Bonchev–Trinajstić information content (AvgIpc) is 2.54. The number of hydrogen-bond acceptors (Lipinski definition) is 8. The van der Waals surface area contributed by atoms with Crippen LogP contribution < -0.4 is 5.32 Å². The van der Waals surface area contributed by atoms with Crippen LogP contribution in [0.2, 0.25) is 0 Å². The molecule has 0 bridgehead atoms. The van der Waals surface area contributed by atoms with E-state index >= 15 is 0 Å². The average molecular weight is 403 g/mol. The number of rotatable bonds is 12. The van der Waals surface area contributed by atoms with Crippen LogP contribution in [0.3, 0.4) is 0 Å². The van der Waals surface area contributed by atoms with Crippen LogP contribution in [-0.4, -0.2) is 49.5 Å². The summed E-state index contributed by atoms with van der Waals surface area (Å²) >= 11 is 1.88. The third-order valence-corrected chi connectivity index (χ3v) is 10.2. The summed E-state index contributed by atoms with van der Waals surface area (Å²) in [6, 6.07) is 0.0831. The lowest BCUT2D eigenvalue weighted by molar-refractivity contribution is 0.187. The van der Waals surface area contributed by atoms with Gasteiger partial charge in [-0.1, -0.05) is 0 Å². The van der Waals surface area contributed by atoms with Crippen molar-refractivity contribution in [1.29, 1.82) is 0 Å². The first kappa shape index (κ1) is 22.7. The predicted molar refractivity (Wildman–Crippen MR) is 99.0 cm³/mol. The molecule has 0 unspecified atom stereocenters. The van der Waals surface area contributed by atoms with Gasteiger partial charge in [-0.3, -0.25) is 14.4 Å². The van der Waals surface area contributed by atoms with E-state index in [4.69, 9.17) is 18.1 Å². The summed E-state index contributed by atoms with van der Waals surface area (Å²) in [5, 5.41) is 3.24. The van der Waals surface area contributed by atoms with Crippen molar-refractivity contribution >= 4 is 27.0 Å². The molecule has 1 aliphatic rings. The molecule has 1 saturated heterocycles. The fourth-order valence-corrected chi connectivity index (χ4v) is 8.74. The normalized spacial score (nSPS) is 17.5. The Balaban J connectivity index is 3.15. The second kappa shape index (κ2) is 11.3. The standard InChI is InChI=1S/C14H31NO6P2S/c1-5-18-22(16,19-6-2)14(15-13-9-11-24-12-10-13)23(17,20-7-3)21-8-4/h13-15H,5-12H2,1-4H3. The molecule has 1 aliphatic heterocycles. The maximum absolute atomic E-state index is 13.3. The lowest BCUT2D eigenvalue weighted by Crippen LogP contribution is -2.41. The summed E-state index contributed by atoms with van der Waals surface area (Å²) in [6.07, 6.45) is 1.80. The highest BCUT2D eigenvalue weighted by molar-refractivity contribution is 7.99. The Morgan fingerprint density at radius 3 is 1.58 bits per heavy atom. The van der Waals surface area contributed by atoms with E-state index in [1.54, 1.807) is 27.7 Å². The van der Waals surface area contributed by atoms with E-state index < -0.39 is 20.7 Å². The molecule has 0 aromatic heterocycles. The maximum Gasteiger partial charge on any atom is 0.359 e. The van der Waals surface area contributed by atoms with Gasteiger partial charge in [-0.25, -0.2) is 0 Å². The lowest BCUT2D eigenvalue weighted by Gasteiger charge is -2.35. The molecule has 1 heterocycles. The van der Waals surface area contributed by atoms with Gasteiger partial charge >= 0.3 is 15.2 Å². The second-order valence-corrected chi connectivity index (χ2v) is 11.0. The first-order valence-electron chi connectivity index (χ1n) is 8.57. The Kier molecular flexibility index (Phi) is 10.7. The zero-order chi connectivity index (χ0) is 18.1. The molecule has 0 aromatic carbocycles. The monoisotopic (exact) mass is 403 g/mol. The minimum Gasteiger partial charge on any atom is -0.307 e. The molecule has 0 radical (unpaired) electrons. The van der Waals surface area contributed by atoms with Crippen molar-refractivity contribution in [1.82, 2.24) is 5.32 Å². The Morgan fingerprint density at radius 1 is 0.875 bits per heavy atom. The van der Waals surface area contributed by atoms with Crippen LogP contribution in [0.25, 0.3) is 0 Å². The van der Waals surface area contributed by atoms with Crippen LogP contribution in [0.1, 0.15) is 40.5 Å². The zero-order valence-electron chi connectivity index (χ0n) is 15.1. The van der Waals surface area contributed by atoms with Crippen molar-refractivity contribution in [3.63, 3.8) is 0 Å². The van der Waals surface area contributed by atoms with Crippen LogP contribution in [-0.2, 0) is 27.2 Å². The van der Waals surface area contributed by atoms with Crippen LogP contribution >= 0.6 is 27.0 Å². The van der Waals surface area contributed by atoms with Gasteiger partial charge < -0.3 is 18.1 Å². The second-order valence-electron chi connectivity index (χ2n) is 5.18. The molecule has 0 spiro atoms. The molecule has 1 fully saturated rings. The van der Waals surface area contributed by atoms with Gasteiger partial charge in [-0.2, -0.15) is 11.8 Å². The van der Waals surface area contributed by atoms with Crippen LogP contribution in [0.4, 0.5) is 0 Å². The summed E-state index contributed by atoms with van der Waals surface area (Å²) in [4.78, 5) is 0. The van der Waals surface area contributed by atoms with Crippen molar-refractivity contribution in [2.24, 2.45) is 0 Å². The van der Waals surface area contributed by atoms with Gasteiger partial charge in [0.1, 0.15) is 0 Å². The molecule has 0 saturated carbocycles. The lowest BCUT2D eigenvalue weighted by atomic mass is 10.2. The summed E-state index contributed by atoms with van der Waals surface area (Å²) < 4.78 is 48.5. The Hall–Kier alpha value is 0.610. The first-order chi connectivity index (χ1) is 11.5. The fraction of sp³-hybridized carbons (Fsp3) is 1.00. The molecule has 7 nitrogen and oxygen atoms in total. The van der Waals surface area contributed by atoms with Crippen LogP contribution in [0.15, 0.2) is 0 Å². The molecule has 0 atom stereocenters. The van der Waals surface area contributed by atoms with Gasteiger partial charge in [-0.05, 0) is 52.0 Å². The minimum atomic E-state index is -3.71. The SMILES string of the molecule is CCOP(=O)(OCC)C(NC1CCSCC1)P(=O)(OCC)OCC. The van der Waals surface area contributed by atoms with E-state index in [0.717, 1.165) is 24.3 Å². The van der Waals surface area contributed by atoms with Gasteiger partial charge in [0.05, 0.1) is 26.4 Å². The van der Waals surface area contributed by atoms with E-state index in [1.165, 1.54) is 0 Å². The summed E-state index contributed by atoms with van der Waals surface area (Å²) in [5.74, 6) is 2.01. The molecule has 24 heavy (non-hydrogen) atoms. The number of nitrogens with one attached hydrogen (secondary N) is 1. The van der Waals surface area contributed by atoms with Crippen molar-refractivity contribution in [3.8, 4) is 0 Å². The number of hydrogen-bond donors (Lipinski definition) is 1. The summed E-state index contributed by atoms with van der Waals surface area (Å²) in [7, 11) is -7.42. The van der Waals surface area contributed by atoms with Crippen molar-refractivity contribution in [2.45, 2.75) is 52.1 Å². The van der Waals surface area contributed by atoms with E-state index in [9.17, 15) is 9.13 Å². The van der Waals surface area contributed by atoms with Gasteiger partial charge in [0, 0.05) is 6.04 Å². The molecular weight excluding hydrogens is 372 g/mol. The van der Waals surface area contributed by atoms with Crippen LogP contribution in [0.5, 0.6) is 0 Å². The van der Waals surface area contributed by atoms with Gasteiger partial charge in [0.15, 0.2) is 0 Å². The number of thioether (sulfide) groups is 1. The molecule has 144 valence electrons. The van der Waals surface area contributed by atoms with Crippen molar-refractivity contribution in [3.05, 3.63) is 0 Å². The van der Waals surface area contributed by atoms with Crippen molar-refractivity contribution < 1.29 is 27.2 Å². The molecular formula is C14H31NO6P2S. The van der Waals surface area contributed by atoms with Crippen molar-refractivity contribution in [2.75, 3.05) is 37.9 Å². The molecule has 0 aromatic rings. The Morgan fingerprint density at radius 2 is 1.25 bits per heavy atom. The molecule has 10 heteroatoms. The largest absolute Gasteiger partial charge is 0.359 e. The summed E-state index contributed by atoms with van der Waals surface area (Å²) in [5.41, 5.74) is -1.11. The van der Waals surface area contributed by atoms with E-state index in [1.807, 2.05) is 11.8 Å². The van der Waals surface area contributed by atoms with E-state index in [2.05, 4.69) is 5.32 Å². The Bertz CT molecular complexity index is 397. The molecule has 0 amide bonds. The van der Waals surface area contributed by atoms with Crippen LogP contribution in [0, 0.1) is 0 Å². The van der Waals surface area contributed by atoms with Gasteiger partial charge in [0.25, 0.3) is 0 Å². The third kappa shape index (κ3) is 6.40. The third-order valence-electron chi connectivity index (χ3n) is 3.44. The van der Waals surface area contributed by atoms with E-state index in [-0.39, 0.29) is 32.5 Å². The highest BCUT2D eigenvalue weighted by atomic mass is 32.2. The highest BCUT2D eigenvalue weighted by Gasteiger charge is 2.51. The first-order valence-corrected chi connectivity index (χ1v) is 12.9.